The van der Waals surface area contributed by atoms with Crippen LogP contribution >= 0.6 is 0 Å². The van der Waals surface area contributed by atoms with E-state index in [1.807, 2.05) is 6.08 Å². The Hall–Kier alpha value is -2.11. The molecular weight excluding hydrogens is 228 g/mol. The Balaban J connectivity index is 1.98. The first kappa shape index (κ1) is 10.1. The van der Waals surface area contributed by atoms with Crippen LogP contribution in [0.4, 0.5) is 13.6 Å². The number of amides is 2. The van der Waals surface area contributed by atoms with Gasteiger partial charge in [-0.05, 0) is 30.2 Å². The summed E-state index contributed by atoms with van der Waals surface area (Å²) >= 11 is 0. The van der Waals surface area contributed by atoms with E-state index in [1.165, 1.54) is 17.0 Å². The number of nitrogens with zero attached hydrogens (tertiary/aromatic N) is 1. The lowest BCUT2D eigenvalue weighted by Crippen LogP contribution is -2.30. The Labute approximate surface area is 95.9 Å². The first-order chi connectivity index (χ1) is 8.15. The number of carbonyl (C=O) groups is 1. The summed E-state index contributed by atoms with van der Waals surface area (Å²) < 4.78 is 26.3. The highest BCUT2D eigenvalue weighted by molar-refractivity contribution is 5.79. The molecule has 17 heavy (non-hydrogen) atoms. The van der Waals surface area contributed by atoms with Crippen LogP contribution in [0.25, 0.3) is 0 Å². The zero-order valence-corrected chi connectivity index (χ0v) is 8.71. The number of hydrogen-bond acceptors (Lipinski definition) is 2. The average Bonchev–Trinajstić information content (AvgIpc) is 2.80. The Morgan fingerprint density at radius 2 is 1.88 bits per heavy atom. The van der Waals surface area contributed by atoms with Crippen molar-refractivity contribution in [2.75, 3.05) is 0 Å². The highest BCUT2D eigenvalue weighted by Crippen LogP contribution is 2.35. The third-order valence-electron chi connectivity index (χ3n) is 2.89. The van der Waals surface area contributed by atoms with E-state index in [2.05, 4.69) is 10.9 Å². The van der Waals surface area contributed by atoms with Gasteiger partial charge in [0.05, 0.1) is 6.04 Å². The molecule has 0 unspecified atom stereocenters. The van der Waals surface area contributed by atoms with E-state index in [1.54, 1.807) is 0 Å². The van der Waals surface area contributed by atoms with E-state index < -0.39 is 11.6 Å². The molecule has 4 nitrogen and oxygen atoms in total. The summed E-state index contributed by atoms with van der Waals surface area (Å²) in [7, 11) is 0. The fourth-order valence-corrected chi connectivity index (χ4v) is 2.19. The van der Waals surface area contributed by atoms with Crippen molar-refractivity contribution in [3.8, 4) is 0 Å². The molecule has 0 saturated carbocycles. The molecule has 0 radical (unpaired) electrons. The van der Waals surface area contributed by atoms with Crippen molar-refractivity contribution < 1.29 is 13.6 Å². The fourth-order valence-electron chi connectivity index (χ4n) is 2.19. The molecule has 2 aliphatic heterocycles. The molecule has 0 spiro atoms. The molecule has 0 aromatic heterocycles. The van der Waals surface area contributed by atoms with E-state index in [9.17, 15) is 13.6 Å². The van der Waals surface area contributed by atoms with Gasteiger partial charge in [0.1, 0.15) is 17.5 Å². The van der Waals surface area contributed by atoms with Gasteiger partial charge < -0.3 is 0 Å². The smallest absolute Gasteiger partial charge is 0.282 e. The van der Waals surface area contributed by atoms with Gasteiger partial charge in [0.25, 0.3) is 0 Å². The quantitative estimate of drug-likeness (QED) is 0.782. The van der Waals surface area contributed by atoms with Crippen molar-refractivity contribution in [3.05, 3.63) is 47.3 Å². The number of nitrogens with one attached hydrogen (secondary N) is 2. The number of hydrogen-bond donors (Lipinski definition) is 2. The first-order valence-electron chi connectivity index (χ1n) is 5.16. The number of fused-ring (bicyclic) bond motifs is 1. The van der Waals surface area contributed by atoms with Gasteiger partial charge in [-0.15, -0.1) is 0 Å². The Kier molecular flexibility index (Phi) is 2.04. The standard InChI is InChI=1S/C11H9F2N3O/c12-7-3-6(4-8(13)5-7)9-1-2-10-14-15-11(17)16(9)10/h2-5,9,14H,1H2,(H,15,17)/t9-/m0/s1. The SMILES string of the molecule is O=C1NNC2=CC[C@@H](c3cc(F)cc(F)c3)N12. The third-order valence-corrected chi connectivity index (χ3v) is 2.89. The van der Waals surface area contributed by atoms with Crippen molar-refractivity contribution in [3.63, 3.8) is 0 Å². The molecule has 88 valence electrons. The zero-order chi connectivity index (χ0) is 12.0. The molecular formula is C11H9F2N3O. The summed E-state index contributed by atoms with van der Waals surface area (Å²) in [6.07, 6.45) is 2.35. The largest absolute Gasteiger partial charge is 0.342 e. The lowest BCUT2D eigenvalue weighted by Gasteiger charge is -2.20. The average molecular weight is 237 g/mol. The number of halogens is 2. The maximum Gasteiger partial charge on any atom is 0.342 e. The second kappa shape index (κ2) is 3.44. The minimum Gasteiger partial charge on any atom is -0.282 e. The summed E-state index contributed by atoms with van der Waals surface area (Å²) in [5, 5.41) is 0. The fraction of sp³-hybridized carbons (Fsp3) is 0.182. The van der Waals surface area contributed by atoms with Gasteiger partial charge >= 0.3 is 6.03 Å². The monoisotopic (exact) mass is 237 g/mol. The topological polar surface area (TPSA) is 44.4 Å². The van der Waals surface area contributed by atoms with Crippen LogP contribution in [0.3, 0.4) is 0 Å². The molecule has 6 heteroatoms. The zero-order valence-electron chi connectivity index (χ0n) is 8.71. The van der Waals surface area contributed by atoms with Crippen LogP contribution in [0.5, 0.6) is 0 Å². The van der Waals surface area contributed by atoms with Gasteiger partial charge in [0, 0.05) is 6.07 Å². The minimum atomic E-state index is -0.638. The summed E-state index contributed by atoms with van der Waals surface area (Å²) in [6.45, 7) is 0. The summed E-state index contributed by atoms with van der Waals surface area (Å²) in [4.78, 5) is 13.0. The number of benzene rings is 1. The minimum absolute atomic E-state index is 0.316. The van der Waals surface area contributed by atoms with Crippen molar-refractivity contribution in [1.82, 2.24) is 15.8 Å². The number of rotatable bonds is 1. The Morgan fingerprint density at radius 1 is 1.18 bits per heavy atom. The normalized spacial score (nSPS) is 22.0. The second-order valence-corrected chi connectivity index (χ2v) is 3.97. The highest BCUT2D eigenvalue weighted by atomic mass is 19.1. The highest BCUT2D eigenvalue weighted by Gasteiger charge is 2.37. The van der Waals surface area contributed by atoms with Gasteiger partial charge in [-0.2, -0.15) is 0 Å². The third kappa shape index (κ3) is 1.52. The van der Waals surface area contributed by atoms with E-state index in [4.69, 9.17) is 0 Å². The first-order valence-corrected chi connectivity index (χ1v) is 5.16. The van der Waals surface area contributed by atoms with Crippen molar-refractivity contribution in [2.24, 2.45) is 0 Å². The lowest BCUT2D eigenvalue weighted by molar-refractivity contribution is 0.213. The summed E-state index contributed by atoms with van der Waals surface area (Å²) in [6, 6.07) is 2.63. The van der Waals surface area contributed by atoms with Crippen LogP contribution in [-0.4, -0.2) is 10.9 Å². The second-order valence-electron chi connectivity index (χ2n) is 3.97. The molecule has 1 saturated heterocycles. The van der Waals surface area contributed by atoms with Gasteiger partial charge in [0.15, 0.2) is 0 Å². The number of carbonyl (C=O) groups excluding carboxylic acids is 1. The maximum atomic E-state index is 13.1. The molecule has 1 fully saturated rings. The van der Waals surface area contributed by atoms with Gasteiger partial charge in [0.2, 0.25) is 0 Å². The van der Waals surface area contributed by atoms with Crippen molar-refractivity contribution >= 4 is 6.03 Å². The van der Waals surface area contributed by atoms with Crippen LogP contribution in [0.1, 0.15) is 18.0 Å². The number of hydrazine groups is 1. The molecule has 0 bridgehead atoms. The molecule has 2 amide bonds. The Morgan fingerprint density at radius 3 is 2.59 bits per heavy atom. The molecule has 2 N–H and O–H groups in total. The van der Waals surface area contributed by atoms with Gasteiger partial charge in [-0.1, -0.05) is 0 Å². The lowest BCUT2D eigenvalue weighted by atomic mass is 10.0. The van der Waals surface area contributed by atoms with Crippen molar-refractivity contribution in [1.29, 1.82) is 0 Å². The molecule has 1 aromatic carbocycles. The van der Waals surface area contributed by atoms with Crippen LogP contribution < -0.4 is 10.9 Å². The van der Waals surface area contributed by atoms with E-state index >= 15 is 0 Å². The van der Waals surface area contributed by atoms with Gasteiger partial charge in [-0.25, -0.2) is 19.0 Å². The van der Waals surface area contributed by atoms with Crippen LogP contribution in [0.2, 0.25) is 0 Å². The summed E-state index contributed by atoms with van der Waals surface area (Å²) in [5.41, 5.74) is 5.58. The van der Waals surface area contributed by atoms with E-state index in [0.29, 0.717) is 17.8 Å². The molecule has 3 rings (SSSR count). The molecule has 2 heterocycles. The summed E-state index contributed by atoms with van der Waals surface area (Å²) in [5.74, 6) is -0.647. The Bertz CT molecular complexity index is 509. The molecule has 1 aromatic rings. The molecule has 1 atom stereocenters. The van der Waals surface area contributed by atoms with Crippen LogP contribution in [0.15, 0.2) is 30.1 Å². The van der Waals surface area contributed by atoms with Crippen LogP contribution in [-0.2, 0) is 0 Å². The molecule has 0 aliphatic carbocycles. The molecule has 2 aliphatic rings. The van der Waals surface area contributed by atoms with Crippen molar-refractivity contribution in [2.45, 2.75) is 12.5 Å². The van der Waals surface area contributed by atoms with Gasteiger partial charge in [-0.3, -0.25) is 10.3 Å². The predicted molar refractivity (Wildman–Crippen MR) is 55.3 cm³/mol. The maximum absolute atomic E-state index is 13.1. The number of urea groups is 1. The van der Waals surface area contributed by atoms with Crippen LogP contribution in [0, 0.1) is 11.6 Å². The van der Waals surface area contributed by atoms with E-state index in [0.717, 1.165) is 6.07 Å². The predicted octanol–water partition coefficient (Wildman–Crippen LogP) is 1.78. The van der Waals surface area contributed by atoms with E-state index in [-0.39, 0.29) is 12.1 Å².